The maximum atomic E-state index is 12.6. The first kappa shape index (κ1) is 25.4. The predicted molar refractivity (Wildman–Crippen MR) is 129 cm³/mol. The molecule has 9 nitrogen and oxygen atoms in total. The quantitative estimate of drug-likeness (QED) is 0.461. The molecule has 0 unspecified atom stereocenters. The van der Waals surface area contributed by atoms with E-state index in [1.807, 2.05) is 27.7 Å². The summed E-state index contributed by atoms with van der Waals surface area (Å²) in [5.74, 6) is -0.627. The van der Waals surface area contributed by atoms with Crippen LogP contribution in [-0.2, 0) is 23.7 Å². The lowest BCUT2D eigenvalue weighted by Gasteiger charge is -2.46. The van der Waals surface area contributed by atoms with Crippen molar-refractivity contribution in [3.63, 3.8) is 0 Å². The van der Waals surface area contributed by atoms with Crippen molar-refractivity contribution < 1.29 is 32.9 Å². The zero-order valence-corrected chi connectivity index (χ0v) is 21.0. The van der Waals surface area contributed by atoms with E-state index in [1.165, 1.54) is 0 Å². The lowest BCUT2D eigenvalue weighted by Crippen LogP contribution is -2.62. The Morgan fingerprint density at radius 1 is 1.17 bits per heavy atom. The van der Waals surface area contributed by atoms with Crippen LogP contribution in [0, 0.1) is 6.92 Å². The number of benzene rings is 1. The average molecular weight is 488 g/mol. The summed E-state index contributed by atoms with van der Waals surface area (Å²) in [5, 5.41) is 3.25. The molecule has 2 aromatic rings. The number of allylic oxidation sites excluding steroid dienone is 1. The van der Waals surface area contributed by atoms with E-state index in [9.17, 15) is 9.59 Å². The molecule has 2 aliphatic heterocycles. The normalized spacial score (nSPS) is 26.8. The molecule has 1 N–H and O–H groups in total. The number of nitrogens with one attached hydrogen (secondary N) is 1. The second kappa shape index (κ2) is 9.39. The largest absolute Gasteiger partial charge is 0.462 e. The van der Waals surface area contributed by atoms with E-state index in [4.69, 9.17) is 28.1 Å². The molecule has 35 heavy (non-hydrogen) atoms. The van der Waals surface area contributed by atoms with Crippen LogP contribution >= 0.6 is 0 Å². The van der Waals surface area contributed by atoms with Crippen LogP contribution in [0.1, 0.15) is 46.1 Å². The Bertz CT molecular complexity index is 1180. The molecule has 2 saturated heterocycles. The van der Waals surface area contributed by atoms with E-state index >= 15 is 0 Å². The van der Waals surface area contributed by atoms with Crippen molar-refractivity contribution in [2.24, 2.45) is 0 Å². The molecule has 2 aliphatic rings. The Balaban J connectivity index is 1.62. The summed E-state index contributed by atoms with van der Waals surface area (Å²) in [5.41, 5.74) is -0.280. The molecule has 0 spiro atoms. The molecule has 0 aliphatic carbocycles. The van der Waals surface area contributed by atoms with Crippen LogP contribution in [0.4, 0.5) is 5.69 Å². The Kier molecular flexibility index (Phi) is 6.80. The molecule has 3 heterocycles. The molecule has 190 valence electrons. The van der Waals surface area contributed by atoms with Gasteiger partial charge in [0, 0.05) is 24.5 Å². The van der Waals surface area contributed by atoms with E-state index in [0.717, 1.165) is 0 Å². The number of hydrogen-bond donors (Lipinski definition) is 1. The van der Waals surface area contributed by atoms with E-state index in [1.54, 1.807) is 38.3 Å². The summed E-state index contributed by atoms with van der Waals surface area (Å²) in [6.07, 6.45) is 0.335. The molecule has 4 rings (SSSR count). The zero-order chi connectivity index (χ0) is 25.5. The summed E-state index contributed by atoms with van der Waals surface area (Å²) in [6, 6.07) is 5.13. The summed E-state index contributed by atoms with van der Waals surface area (Å²) >= 11 is 0. The van der Waals surface area contributed by atoms with Gasteiger partial charge in [-0.15, -0.1) is 6.58 Å². The van der Waals surface area contributed by atoms with Gasteiger partial charge in [-0.2, -0.15) is 0 Å². The minimum atomic E-state index is -0.824. The summed E-state index contributed by atoms with van der Waals surface area (Å²) < 4.78 is 36.1. The Labute approximate surface area is 204 Å². The maximum Gasteiger partial charge on any atom is 0.360 e. The lowest BCUT2D eigenvalue weighted by molar-refractivity contribution is -0.283. The van der Waals surface area contributed by atoms with Gasteiger partial charge in [-0.05, 0) is 59.2 Å². The standard InChI is InChI=1S/C26H33NO8/c1-8-9-10-18(28)27-16-13-15-11-12-17(14(2)19(15)32-23(16)29)31-24-21-20(33-26(5,6)34-21)22(30-7)25(3,4)35-24/h8,11-13,20-22,24H,1,9-10H2,2-7H3,(H,27,28)/t20-,21+,22+,24+/m0/s1. The second-order valence-corrected chi connectivity index (χ2v) is 9.86. The molecule has 2 fully saturated rings. The van der Waals surface area contributed by atoms with Crippen LogP contribution in [0.3, 0.4) is 0 Å². The van der Waals surface area contributed by atoms with Crippen molar-refractivity contribution in [1.82, 2.24) is 0 Å². The monoisotopic (exact) mass is 487 g/mol. The van der Waals surface area contributed by atoms with Gasteiger partial charge < -0.3 is 33.4 Å². The van der Waals surface area contributed by atoms with Crippen LogP contribution < -0.4 is 15.7 Å². The van der Waals surface area contributed by atoms with Crippen molar-refractivity contribution in [1.29, 1.82) is 0 Å². The minimum Gasteiger partial charge on any atom is -0.462 e. The molecule has 1 amide bonds. The lowest BCUT2D eigenvalue weighted by atomic mass is 9.89. The molecular weight excluding hydrogens is 454 g/mol. The smallest absolute Gasteiger partial charge is 0.360 e. The average Bonchev–Trinajstić information content (AvgIpc) is 3.10. The van der Waals surface area contributed by atoms with Crippen molar-refractivity contribution in [2.45, 2.75) is 83.5 Å². The first-order chi connectivity index (χ1) is 16.5. The number of ether oxygens (including phenoxy) is 5. The molecule has 4 atom stereocenters. The Hall–Kier alpha value is -2.72. The van der Waals surface area contributed by atoms with Crippen molar-refractivity contribution in [3.8, 4) is 5.75 Å². The highest BCUT2D eigenvalue weighted by molar-refractivity contribution is 5.93. The Morgan fingerprint density at radius 2 is 1.89 bits per heavy atom. The van der Waals surface area contributed by atoms with Gasteiger partial charge in [0.05, 0.1) is 5.60 Å². The number of carbonyl (C=O) groups is 1. The number of methoxy groups -OCH3 is 1. The molecular formula is C26H33NO8. The molecule has 0 saturated carbocycles. The van der Waals surface area contributed by atoms with E-state index in [-0.39, 0.29) is 24.1 Å². The number of anilines is 1. The fourth-order valence-electron chi connectivity index (χ4n) is 4.69. The highest BCUT2D eigenvalue weighted by Gasteiger charge is 2.59. The van der Waals surface area contributed by atoms with Gasteiger partial charge in [0.25, 0.3) is 0 Å². The van der Waals surface area contributed by atoms with Gasteiger partial charge in [-0.3, -0.25) is 4.79 Å². The second-order valence-electron chi connectivity index (χ2n) is 9.86. The fourth-order valence-corrected chi connectivity index (χ4v) is 4.69. The molecule has 1 aromatic carbocycles. The number of rotatable bonds is 7. The van der Waals surface area contributed by atoms with Gasteiger partial charge in [-0.25, -0.2) is 4.79 Å². The van der Waals surface area contributed by atoms with Crippen molar-refractivity contribution in [2.75, 3.05) is 12.4 Å². The van der Waals surface area contributed by atoms with Crippen molar-refractivity contribution >= 4 is 22.6 Å². The Morgan fingerprint density at radius 3 is 2.57 bits per heavy atom. The molecule has 1 aromatic heterocycles. The first-order valence-corrected chi connectivity index (χ1v) is 11.7. The molecule has 0 radical (unpaired) electrons. The minimum absolute atomic E-state index is 0.0872. The SMILES string of the molecule is C=CCCC(=O)Nc1cc2ccc(O[C@@H]3OC(C)(C)[C@H](OC)[C@H]4OC(C)(C)O[C@@H]34)c(C)c2oc1=O. The third kappa shape index (κ3) is 4.99. The number of carbonyl (C=O) groups excluding carboxylic acids is 1. The molecule has 9 heteroatoms. The summed E-state index contributed by atoms with van der Waals surface area (Å²) in [4.78, 5) is 24.6. The van der Waals surface area contributed by atoms with Gasteiger partial charge in [0.1, 0.15) is 29.2 Å². The highest BCUT2D eigenvalue weighted by Crippen LogP contribution is 2.43. The topological polar surface area (TPSA) is 105 Å². The number of amides is 1. The van der Waals surface area contributed by atoms with Crippen LogP contribution in [0.15, 0.2) is 40.1 Å². The fraction of sp³-hybridized carbons (Fsp3) is 0.538. The number of aryl methyl sites for hydroxylation is 1. The van der Waals surface area contributed by atoms with Crippen LogP contribution in [0.5, 0.6) is 5.75 Å². The number of fused-ring (bicyclic) bond motifs is 2. The predicted octanol–water partition coefficient (Wildman–Crippen LogP) is 4.05. The van der Waals surface area contributed by atoms with Gasteiger partial charge >= 0.3 is 5.63 Å². The van der Waals surface area contributed by atoms with E-state index in [2.05, 4.69) is 11.9 Å². The third-order valence-electron chi connectivity index (χ3n) is 6.28. The first-order valence-electron chi connectivity index (χ1n) is 11.7. The van der Waals surface area contributed by atoms with Gasteiger partial charge in [0.2, 0.25) is 12.2 Å². The number of hydrogen-bond acceptors (Lipinski definition) is 8. The van der Waals surface area contributed by atoms with Gasteiger partial charge in [-0.1, -0.05) is 6.08 Å². The highest BCUT2D eigenvalue weighted by atomic mass is 16.8. The molecule has 0 bridgehead atoms. The van der Waals surface area contributed by atoms with E-state index < -0.39 is 35.5 Å². The van der Waals surface area contributed by atoms with Crippen LogP contribution in [0.2, 0.25) is 0 Å². The third-order valence-corrected chi connectivity index (χ3v) is 6.28. The maximum absolute atomic E-state index is 12.6. The summed E-state index contributed by atoms with van der Waals surface area (Å²) in [6.45, 7) is 12.9. The zero-order valence-electron chi connectivity index (χ0n) is 21.0. The van der Waals surface area contributed by atoms with Crippen LogP contribution in [0.25, 0.3) is 11.0 Å². The summed E-state index contributed by atoms with van der Waals surface area (Å²) in [7, 11) is 1.62. The van der Waals surface area contributed by atoms with Crippen LogP contribution in [-0.4, -0.2) is 49.0 Å². The van der Waals surface area contributed by atoms with Gasteiger partial charge in [0.15, 0.2) is 11.9 Å². The van der Waals surface area contributed by atoms with Crippen molar-refractivity contribution in [3.05, 3.63) is 46.8 Å². The van der Waals surface area contributed by atoms with E-state index in [0.29, 0.717) is 28.7 Å².